The quantitative estimate of drug-likeness (QED) is 0.682. The molecular formula is C13H18N4O2. The Labute approximate surface area is 111 Å². The zero-order valence-corrected chi connectivity index (χ0v) is 10.7. The third-order valence-electron chi connectivity index (χ3n) is 2.70. The number of aryl methyl sites for hydroxylation is 1. The minimum Gasteiger partial charge on any atom is -0.508 e. The second kappa shape index (κ2) is 6.86. The molecule has 0 spiro atoms. The summed E-state index contributed by atoms with van der Waals surface area (Å²) >= 11 is 0. The summed E-state index contributed by atoms with van der Waals surface area (Å²) < 4.78 is 1.73. The zero-order chi connectivity index (χ0) is 13.5. The Balaban J connectivity index is 1.76. The van der Waals surface area contributed by atoms with Crippen LogP contribution in [0.25, 0.3) is 0 Å². The van der Waals surface area contributed by atoms with Crippen molar-refractivity contribution in [1.82, 2.24) is 20.3 Å². The molecule has 2 rings (SSSR count). The van der Waals surface area contributed by atoms with Gasteiger partial charge in [0.2, 0.25) is 0 Å². The van der Waals surface area contributed by atoms with Gasteiger partial charge in [0.15, 0.2) is 0 Å². The average molecular weight is 262 g/mol. The Morgan fingerprint density at radius 1 is 1.16 bits per heavy atom. The maximum atomic E-state index is 9.17. The summed E-state index contributed by atoms with van der Waals surface area (Å²) in [5, 5.41) is 29.2. The first-order valence-electron chi connectivity index (χ1n) is 6.26. The lowest BCUT2D eigenvalue weighted by Crippen LogP contribution is -2.12. The van der Waals surface area contributed by atoms with Crippen LogP contribution >= 0.6 is 0 Å². The van der Waals surface area contributed by atoms with E-state index < -0.39 is 0 Å². The van der Waals surface area contributed by atoms with Crippen LogP contribution in [-0.4, -0.2) is 31.8 Å². The topological polar surface area (TPSA) is 83.2 Å². The highest BCUT2D eigenvalue weighted by Gasteiger charge is 2.00. The molecular weight excluding hydrogens is 244 g/mol. The fourth-order valence-corrected chi connectivity index (χ4v) is 1.71. The van der Waals surface area contributed by atoms with Gasteiger partial charge in [0.05, 0.1) is 5.69 Å². The predicted octanol–water partition coefficient (Wildman–Crippen LogP) is 0.656. The Bertz CT molecular complexity index is 496. The van der Waals surface area contributed by atoms with Gasteiger partial charge in [0, 0.05) is 32.4 Å². The summed E-state index contributed by atoms with van der Waals surface area (Å²) in [5.41, 5.74) is 1.97. The Morgan fingerprint density at radius 3 is 2.68 bits per heavy atom. The highest BCUT2D eigenvalue weighted by molar-refractivity contribution is 5.25. The van der Waals surface area contributed by atoms with Gasteiger partial charge < -0.3 is 15.5 Å². The Kier molecular flexibility index (Phi) is 4.88. The van der Waals surface area contributed by atoms with Crippen molar-refractivity contribution < 1.29 is 10.2 Å². The molecule has 0 aliphatic carbocycles. The van der Waals surface area contributed by atoms with Crippen molar-refractivity contribution in [2.45, 2.75) is 26.1 Å². The van der Waals surface area contributed by atoms with Crippen LogP contribution in [-0.2, 0) is 19.6 Å². The lowest BCUT2D eigenvalue weighted by Gasteiger charge is -2.02. The summed E-state index contributed by atoms with van der Waals surface area (Å²) in [4.78, 5) is 0. The van der Waals surface area contributed by atoms with Gasteiger partial charge in [0.25, 0.3) is 0 Å². The van der Waals surface area contributed by atoms with Crippen molar-refractivity contribution in [3.63, 3.8) is 0 Å². The van der Waals surface area contributed by atoms with Gasteiger partial charge in [-0.2, -0.15) is 0 Å². The Hall–Kier alpha value is -1.92. The van der Waals surface area contributed by atoms with E-state index in [4.69, 9.17) is 5.11 Å². The van der Waals surface area contributed by atoms with E-state index >= 15 is 0 Å². The fraction of sp³-hybridized carbons (Fsp3) is 0.385. The van der Waals surface area contributed by atoms with E-state index in [0.29, 0.717) is 26.1 Å². The number of aromatic hydroxyl groups is 1. The molecule has 0 fully saturated rings. The monoisotopic (exact) mass is 262 g/mol. The Morgan fingerprint density at radius 2 is 1.95 bits per heavy atom. The molecule has 3 N–H and O–H groups in total. The van der Waals surface area contributed by atoms with Crippen LogP contribution in [0.1, 0.15) is 17.7 Å². The molecule has 2 aromatic rings. The van der Waals surface area contributed by atoms with Crippen LogP contribution in [0.15, 0.2) is 30.5 Å². The summed E-state index contributed by atoms with van der Waals surface area (Å²) in [7, 11) is 0. The van der Waals surface area contributed by atoms with Crippen molar-refractivity contribution in [3.8, 4) is 5.75 Å². The number of hydrogen-bond acceptors (Lipinski definition) is 5. The van der Waals surface area contributed by atoms with Crippen LogP contribution in [0.5, 0.6) is 5.75 Å². The summed E-state index contributed by atoms with van der Waals surface area (Å²) in [5.74, 6) is 0.274. The highest BCUT2D eigenvalue weighted by atomic mass is 16.3. The molecule has 0 aliphatic heterocycles. The number of benzene rings is 1. The molecule has 0 saturated heterocycles. The van der Waals surface area contributed by atoms with Gasteiger partial charge >= 0.3 is 0 Å². The van der Waals surface area contributed by atoms with E-state index in [9.17, 15) is 5.11 Å². The molecule has 0 bridgehead atoms. The van der Waals surface area contributed by atoms with Crippen LogP contribution < -0.4 is 5.32 Å². The van der Waals surface area contributed by atoms with Gasteiger partial charge in [0.1, 0.15) is 5.75 Å². The van der Waals surface area contributed by atoms with Crippen molar-refractivity contribution in [1.29, 1.82) is 0 Å². The maximum Gasteiger partial charge on any atom is 0.115 e. The van der Waals surface area contributed by atoms with E-state index in [1.54, 1.807) is 16.8 Å². The molecule has 19 heavy (non-hydrogen) atoms. The van der Waals surface area contributed by atoms with E-state index in [0.717, 1.165) is 11.3 Å². The molecule has 0 atom stereocenters. The van der Waals surface area contributed by atoms with Gasteiger partial charge in [-0.1, -0.05) is 17.3 Å². The molecule has 0 unspecified atom stereocenters. The second-order valence-corrected chi connectivity index (χ2v) is 4.32. The molecule has 1 aromatic carbocycles. The maximum absolute atomic E-state index is 9.17. The van der Waals surface area contributed by atoms with E-state index in [1.807, 2.05) is 18.3 Å². The number of rotatable bonds is 7. The molecule has 0 saturated carbocycles. The van der Waals surface area contributed by atoms with Crippen molar-refractivity contribution in [2.24, 2.45) is 0 Å². The zero-order valence-electron chi connectivity index (χ0n) is 10.7. The largest absolute Gasteiger partial charge is 0.508 e. The third kappa shape index (κ3) is 4.35. The molecule has 0 aliphatic rings. The smallest absolute Gasteiger partial charge is 0.115 e. The summed E-state index contributed by atoms with van der Waals surface area (Å²) in [6, 6.07) is 7.09. The predicted molar refractivity (Wildman–Crippen MR) is 70.4 cm³/mol. The number of aromatic nitrogens is 3. The summed E-state index contributed by atoms with van der Waals surface area (Å²) in [6.07, 6.45) is 2.56. The average Bonchev–Trinajstić information content (AvgIpc) is 2.87. The third-order valence-corrected chi connectivity index (χ3v) is 2.70. The van der Waals surface area contributed by atoms with Crippen molar-refractivity contribution >= 4 is 0 Å². The van der Waals surface area contributed by atoms with E-state index in [1.165, 1.54) is 0 Å². The summed E-state index contributed by atoms with van der Waals surface area (Å²) in [6.45, 7) is 2.19. The minimum absolute atomic E-state index is 0.161. The molecule has 6 nitrogen and oxygen atoms in total. The van der Waals surface area contributed by atoms with Gasteiger partial charge in [-0.15, -0.1) is 5.10 Å². The number of aliphatic hydroxyl groups is 1. The number of nitrogens with one attached hydrogen (secondary N) is 1. The molecule has 1 heterocycles. The lowest BCUT2D eigenvalue weighted by atomic mass is 10.2. The van der Waals surface area contributed by atoms with Crippen LogP contribution in [0.3, 0.4) is 0 Å². The molecule has 6 heteroatoms. The lowest BCUT2D eigenvalue weighted by molar-refractivity contribution is 0.276. The first-order chi connectivity index (χ1) is 9.28. The highest BCUT2D eigenvalue weighted by Crippen LogP contribution is 2.09. The SMILES string of the molecule is OCCCn1cc(CNCc2ccc(O)cc2)nn1. The van der Waals surface area contributed by atoms with E-state index in [-0.39, 0.29) is 12.4 Å². The number of phenolic OH excluding ortho intramolecular Hbond substituents is 1. The first kappa shape index (κ1) is 13.5. The first-order valence-corrected chi connectivity index (χ1v) is 6.26. The normalized spacial score (nSPS) is 10.8. The molecule has 0 radical (unpaired) electrons. The van der Waals surface area contributed by atoms with Crippen molar-refractivity contribution in [2.75, 3.05) is 6.61 Å². The number of hydrogen-bond donors (Lipinski definition) is 3. The van der Waals surface area contributed by atoms with E-state index in [2.05, 4.69) is 15.6 Å². The van der Waals surface area contributed by atoms with Crippen LogP contribution in [0.2, 0.25) is 0 Å². The molecule has 1 aromatic heterocycles. The molecule has 0 amide bonds. The van der Waals surface area contributed by atoms with Crippen LogP contribution in [0.4, 0.5) is 0 Å². The standard InChI is InChI=1S/C13H18N4O2/c18-7-1-6-17-10-12(15-16-17)9-14-8-11-2-4-13(19)5-3-11/h2-5,10,14,18-19H,1,6-9H2. The number of aliphatic hydroxyl groups excluding tert-OH is 1. The fourth-order valence-electron chi connectivity index (χ4n) is 1.71. The number of phenols is 1. The molecule has 102 valence electrons. The van der Waals surface area contributed by atoms with Gasteiger partial charge in [-0.3, -0.25) is 4.68 Å². The van der Waals surface area contributed by atoms with Crippen LogP contribution in [0, 0.1) is 0 Å². The van der Waals surface area contributed by atoms with Gasteiger partial charge in [-0.05, 0) is 24.1 Å². The number of nitrogens with zero attached hydrogens (tertiary/aromatic N) is 3. The van der Waals surface area contributed by atoms with Gasteiger partial charge in [-0.25, -0.2) is 0 Å². The second-order valence-electron chi connectivity index (χ2n) is 4.32. The van der Waals surface area contributed by atoms with Crippen molar-refractivity contribution in [3.05, 3.63) is 41.7 Å². The minimum atomic E-state index is 0.161.